The molecular formula is C11H11ClN2OS. The summed E-state index contributed by atoms with van der Waals surface area (Å²) in [5, 5.41) is 1.98. The van der Waals surface area contributed by atoms with Crippen molar-refractivity contribution in [1.29, 1.82) is 0 Å². The first kappa shape index (κ1) is 11.5. The van der Waals surface area contributed by atoms with Gasteiger partial charge in [0.2, 0.25) is 0 Å². The molecule has 0 bridgehead atoms. The summed E-state index contributed by atoms with van der Waals surface area (Å²) in [6.45, 7) is 1.98. The molecule has 0 spiro atoms. The summed E-state index contributed by atoms with van der Waals surface area (Å²) < 4.78 is 5.20. The lowest BCUT2D eigenvalue weighted by Gasteiger charge is -2.07. The van der Waals surface area contributed by atoms with E-state index in [0.29, 0.717) is 10.3 Å². The van der Waals surface area contributed by atoms with Gasteiger partial charge in [0, 0.05) is 5.39 Å². The summed E-state index contributed by atoms with van der Waals surface area (Å²) in [5.74, 6) is 0.771. The molecule has 84 valence electrons. The van der Waals surface area contributed by atoms with Crippen molar-refractivity contribution in [2.75, 3.05) is 13.4 Å². The van der Waals surface area contributed by atoms with Gasteiger partial charge < -0.3 is 4.74 Å². The lowest BCUT2D eigenvalue weighted by molar-refractivity contribution is 0.415. The van der Waals surface area contributed by atoms with Crippen LogP contribution in [-0.4, -0.2) is 23.3 Å². The van der Waals surface area contributed by atoms with E-state index in [1.807, 2.05) is 25.3 Å². The smallest absolute Gasteiger partial charge is 0.189 e. The van der Waals surface area contributed by atoms with Crippen LogP contribution < -0.4 is 4.74 Å². The number of hydrogen-bond donors (Lipinski definition) is 0. The molecule has 0 atom stereocenters. The lowest BCUT2D eigenvalue weighted by Crippen LogP contribution is -1.93. The Labute approximate surface area is 103 Å². The lowest BCUT2D eigenvalue weighted by atomic mass is 10.1. The number of aromatic nitrogens is 2. The first-order valence-corrected chi connectivity index (χ1v) is 6.32. The normalized spacial score (nSPS) is 10.8. The second-order valence-electron chi connectivity index (χ2n) is 3.34. The van der Waals surface area contributed by atoms with Gasteiger partial charge >= 0.3 is 0 Å². The average molecular weight is 255 g/mol. The molecule has 1 aromatic heterocycles. The van der Waals surface area contributed by atoms with E-state index in [1.54, 1.807) is 7.11 Å². The van der Waals surface area contributed by atoms with Crippen molar-refractivity contribution in [1.82, 2.24) is 9.97 Å². The molecule has 5 heteroatoms. The van der Waals surface area contributed by atoms with Crippen molar-refractivity contribution < 1.29 is 4.74 Å². The summed E-state index contributed by atoms with van der Waals surface area (Å²) in [6, 6.07) is 3.80. The van der Waals surface area contributed by atoms with E-state index in [9.17, 15) is 0 Å². The van der Waals surface area contributed by atoms with Crippen LogP contribution in [-0.2, 0) is 0 Å². The van der Waals surface area contributed by atoms with Gasteiger partial charge in [-0.1, -0.05) is 23.4 Å². The number of thioether (sulfide) groups is 1. The molecule has 2 aromatic rings. The third-order valence-corrected chi connectivity index (χ3v) is 3.15. The summed E-state index contributed by atoms with van der Waals surface area (Å²) in [6.07, 6.45) is 1.93. The van der Waals surface area contributed by atoms with Crippen molar-refractivity contribution in [3.8, 4) is 5.75 Å². The highest BCUT2D eigenvalue weighted by atomic mass is 35.5. The molecule has 0 amide bonds. The third kappa shape index (κ3) is 1.95. The molecule has 0 saturated heterocycles. The Balaban J connectivity index is 2.78. The quantitative estimate of drug-likeness (QED) is 0.468. The number of ether oxygens (including phenoxy) is 1. The highest BCUT2D eigenvalue weighted by Gasteiger charge is 2.09. The summed E-state index contributed by atoms with van der Waals surface area (Å²) >= 11 is 7.60. The van der Waals surface area contributed by atoms with Gasteiger partial charge in [-0.15, -0.1) is 0 Å². The molecule has 0 saturated carbocycles. The Bertz CT molecular complexity index is 496. The molecule has 0 radical (unpaired) electrons. The van der Waals surface area contributed by atoms with Crippen LogP contribution in [0, 0.1) is 6.92 Å². The number of hydrogen-bond acceptors (Lipinski definition) is 4. The fourth-order valence-electron chi connectivity index (χ4n) is 1.53. The maximum atomic E-state index is 6.12. The van der Waals surface area contributed by atoms with Gasteiger partial charge in [-0.25, -0.2) is 9.97 Å². The summed E-state index contributed by atoms with van der Waals surface area (Å²) in [5.41, 5.74) is 1.92. The van der Waals surface area contributed by atoms with Crippen molar-refractivity contribution in [2.45, 2.75) is 12.1 Å². The maximum Gasteiger partial charge on any atom is 0.189 e. The zero-order chi connectivity index (χ0) is 11.7. The Morgan fingerprint density at radius 3 is 2.69 bits per heavy atom. The number of fused-ring (bicyclic) bond motifs is 1. The van der Waals surface area contributed by atoms with Gasteiger partial charge in [0.25, 0.3) is 0 Å². The van der Waals surface area contributed by atoms with Crippen LogP contribution in [0.25, 0.3) is 10.9 Å². The number of nitrogens with zero attached hydrogens (tertiary/aromatic N) is 2. The molecule has 1 aromatic carbocycles. The summed E-state index contributed by atoms with van der Waals surface area (Å²) in [4.78, 5) is 8.64. The third-order valence-electron chi connectivity index (χ3n) is 2.32. The molecule has 0 unspecified atom stereocenters. The van der Waals surface area contributed by atoms with E-state index in [4.69, 9.17) is 16.3 Å². The Hall–Kier alpha value is -1.00. The predicted molar refractivity (Wildman–Crippen MR) is 67.6 cm³/mol. The van der Waals surface area contributed by atoms with Crippen molar-refractivity contribution >= 4 is 34.3 Å². The Kier molecular flexibility index (Phi) is 3.21. The van der Waals surface area contributed by atoms with Crippen LogP contribution in [0.1, 0.15) is 5.56 Å². The standard InChI is InChI=1S/C11H11ClN2OS/c1-6-4-7(15-2)5-8-9(6)13-11(16-3)14-10(8)12/h4-5H,1-3H3. The second kappa shape index (κ2) is 4.47. The zero-order valence-electron chi connectivity index (χ0n) is 9.24. The monoisotopic (exact) mass is 254 g/mol. The van der Waals surface area contributed by atoms with E-state index in [1.165, 1.54) is 11.8 Å². The predicted octanol–water partition coefficient (Wildman–Crippen LogP) is 3.32. The van der Waals surface area contributed by atoms with Gasteiger partial charge in [-0.2, -0.15) is 0 Å². The van der Waals surface area contributed by atoms with Gasteiger partial charge in [0.1, 0.15) is 10.9 Å². The van der Waals surface area contributed by atoms with Gasteiger partial charge in [-0.3, -0.25) is 0 Å². The molecule has 0 N–H and O–H groups in total. The zero-order valence-corrected chi connectivity index (χ0v) is 10.8. The number of benzene rings is 1. The molecular weight excluding hydrogens is 244 g/mol. The highest BCUT2D eigenvalue weighted by molar-refractivity contribution is 7.98. The number of rotatable bonds is 2. The van der Waals surface area contributed by atoms with E-state index in [2.05, 4.69) is 9.97 Å². The summed E-state index contributed by atoms with van der Waals surface area (Å²) in [7, 11) is 1.63. The van der Waals surface area contributed by atoms with Crippen LogP contribution in [0.3, 0.4) is 0 Å². The number of methoxy groups -OCH3 is 1. The van der Waals surface area contributed by atoms with Gasteiger partial charge in [-0.05, 0) is 30.9 Å². The first-order valence-electron chi connectivity index (χ1n) is 4.71. The van der Waals surface area contributed by atoms with Crippen molar-refractivity contribution in [3.63, 3.8) is 0 Å². The molecule has 1 heterocycles. The van der Waals surface area contributed by atoms with Crippen molar-refractivity contribution in [2.24, 2.45) is 0 Å². The fourth-order valence-corrected chi connectivity index (χ4v) is 2.17. The minimum atomic E-state index is 0.469. The topological polar surface area (TPSA) is 35.0 Å². The fraction of sp³-hybridized carbons (Fsp3) is 0.273. The molecule has 0 fully saturated rings. The Morgan fingerprint density at radius 1 is 1.31 bits per heavy atom. The highest BCUT2D eigenvalue weighted by Crippen LogP contribution is 2.29. The molecule has 2 rings (SSSR count). The number of halogens is 1. The Morgan fingerprint density at radius 2 is 2.06 bits per heavy atom. The van der Waals surface area contributed by atoms with Crippen LogP contribution in [0.2, 0.25) is 5.15 Å². The van der Waals surface area contributed by atoms with Crippen molar-refractivity contribution in [3.05, 3.63) is 22.8 Å². The molecule has 16 heavy (non-hydrogen) atoms. The largest absolute Gasteiger partial charge is 0.497 e. The molecule has 3 nitrogen and oxygen atoms in total. The first-order chi connectivity index (χ1) is 7.65. The van der Waals surface area contributed by atoms with E-state index >= 15 is 0 Å². The second-order valence-corrected chi connectivity index (χ2v) is 4.47. The SMILES string of the molecule is COc1cc(C)c2nc(SC)nc(Cl)c2c1. The minimum absolute atomic E-state index is 0.469. The van der Waals surface area contributed by atoms with Crippen LogP contribution >= 0.6 is 23.4 Å². The van der Waals surface area contributed by atoms with E-state index in [0.717, 1.165) is 22.2 Å². The maximum absolute atomic E-state index is 6.12. The molecule has 0 aliphatic rings. The van der Waals surface area contributed by atoms with Gasteiger partial charge in [0.15, 0.2) is 5.16 Å². The van der Waals surface area contributed by atoms with Crippen LogP contribution in [0.5, 0.6) is 5.75 Å². The molecule has 0 aliphatic carbocycles. The van der Waals surface area contributed by atoms with E-state index < -0.39 is 0 Å². The minimum Gasteiger partial charge on any atom is -0.497 e. The van der Waals surface area contributed by atoms with Gasteiger partial charge in [0.05, 0.1) is 12.6 Å². The molecule has 0 aliphatic heterocycles. The van der Waals surface area contributed by atoms with Crippen LogP contribution in [0.15, 0.2) is 17.3 Å². The average Bonchev–Trinajstić information content (AvgIpc) is 2.29. The van der Waals surface area contributed by atoms with E-state index in [-0.39, 0.29) is 0 Å². The number of aryl methyl sites for hydroxylation is 1. The van der Waals surface area contributed by atoms with Crippen LogP contribution in [0.4, 0.5) is 0 Å².